The van der Waals surface area contributed by atoms with Crippen LogP contribution >= 0.6 is 0 Å². The van der Waals surface area contributed by atoms with Gasteiger partial charge in [0.25, 0.3) is 11.5 Å². The standard InChI is InChI=1S/C25H21F2N5O2/c1-13-6-7-14(24(34)29-15-8-9-15)12-17(13)21-16-10-11-20(33)32(23(16)31-25(28-2)30-21)22-18(26)4-3-5-19(22)27/h3-7,10-12,15H,8-9H2,1-2H3,(H,29,34)(H,28,30,31). The first kappa shape index (κ1) is 21.7. The van der Waals surface area contributed by atoms with Crippen molar-refractivity contribution in [2.24, 2.45) is 0 Å². The summed E-state index contributed by atoms with van der Waals surface area (Å²) in [6.07, 6.45) is 1.94. The number of nitrogens with zero attached hydrogens (tertiary/aromatic N) is 3. The number of para-hydroxylation sites is 1. The van der Waals surface area contributed by atoms with Gasteiger partial charge in [-0.3, -0.25) is 14.2 Å². The highest BCUT2D eigenvalue weighted by Gasteiger charge is 2.25. The predicted octanol–water partition coefficient (Wildman–Crippen LogP) is 3.97. The molecule has 0 saturated heterocycles. The highest BCUT2D eigenvalue weighted by Crippen LogP contribution is 2.32. The number of aryl methyl sites for hydroxylation is 1. The lowest BCUT2D eigenvalue weighted by Crippen LogP contribution is -2.25. The van der Waals surface area contributed by atoms with Crippen LogP contribution in [0.25, 0.3) is 28.0 Å². The van der Waals surface area contributed by atoms with Gasteiger partial charge < -0.3 is 10.6 Å². The van der Waals surface area contributed by atoms with Crippen molar-refractivity contribution in [2.45, 2.75) is 25.8 Å². The molecule has 2 heterocycles. The minimum absolute atomic E-state index is 0.0399. The van der Waals surface area contributed by atoms with E-state index >= 15 is 0 Å². The molecule has 1 amide bonds. The van der Waals surface area contributed by atoms with Crippen molar-refractivity contribution in [3.63, 3.8) is 0 Å². The van der Waals surface area contributed by atoms with Crippen LogP contribution in [0.15, 0.2) is 53.3 Å². The van der Waals surface area contributed by atoms with Gasteiger partial charge in [-0.05, 0) is 55.7 Å². The zero-order valence-electron chi connectivity index (χ0n) is 18.5. The smallest absolute Gasteiger partial charge is 0.256 e. The average molecular weight is 461 g/mol. The Labute approximate surface area is 193 Å². The molecule has 0 unspecified atom stereocenters. The van der Waals surface area contributed by atoms with Crippen LogP contribution in [0.5, 0.6) is 0 Å². The second-order valence-electron chi connectivity index (χ2n) is 8.24. The number of pyridine rings is 1. The normalized spacial score (nSPS) is 13.2. The number of benzene rings is 2. The van der Waals surface area contributed by atoms with Crippen LogP contribution < -0.4 is 16.2 Å². The fraction of sp³-hybridized carbons (Fsp3) is 0.200. The van der Waals surface area contributed by atoms with Gasteiger partial charge in [0.1, 0.15) is 17.3 Å². The monoisotopic (exact) mass is 461 g/mol. The Hall–Kier alpha value is -4.14. The van der Waals surface area contributed by atoms with Crippen molar-refractivity contribution in [1.29, 1.82) is 0 Å². The topological polar surface area (TPSA) is 88.9 Å². The Bertz CT molecular complexity index is 1490. The van der Waals surface area contributed by atoms with Crippen LogP contribution in [-0.2, 0) is 0 Å². The van der Waals surface area contributed by atoms with Crippen LogP contribution in [0.3, 0.4) is 0 Å². The second kappa shape index (κ2) is 8.33. The number of anilines is 1. The van der Waals surface area contributed by atoms with Crippen molar-refractivity contribution in [3.8, 4) is 16.9 Å². The number of rotatable bonds is 5. The predicted molar refractivity (Wildman–Crippen MR) is 125 cm³/mol. The number of hydrogen-bond donors (Lipinski definition) is 2. The van der Waals surface area contributed by atoms with Gasteiger partial charge in [-0.2, -0.15) is 4.98 Å². The van der Waals surface area contributed by atoms with Gasteiger partial charge in [0.05, 0.1) is 5.69 Å². The zero-order valence-corrected chi connectivity index (χ0v) is 18.5. The molecule has 1 aliphatic carbocycles. The van der Waals surface area contributed by atoms with E-state index in [-0.39, 0.29) is 23.5 Å². The minimum Gasteiger partial charge on any atom is -0.357 e. The number of nitrogens with one attached hydrogen (secondary N) is 2. The maximum Gasteiger partial charge on any atom is 0.256 e. The highest BCUT2D eigenvalue weighted by atomic mass is 19.1. The number of hydrogen-bond acceptors (Lipinski definition) is 5. The van der Waals surface area contributed by atoms with E-state index in [1.54, 1.807) is 19.2 Å². The molecule has 34 heavy (non-hydrogen) atoms. The van der Waals surface area contributed by atoms with E-state index < -0.39 is 22.9 Å². The Kier molecular flexibility index (Phi) is 5.31. The summed E-state index contributed by atoms with van der Waals surface area (Å²) in [5.74, 6) is -1.81. The Balaban J connectivity index is 1.78. The first-order valence-electron chi connectivity index (χ1n) is 10.8. The maximum absolute atomic E-state index is 14.7. The summed E-state index contributed by atoms with van der Waals surface area (Å²) in [5.41, 5.74) is 1.26. The van der Waals surface area contributed by atoms with E-state index in [1.807, 2.05) is 13.0 Å². The molecule has 2 aromatic heterocycles. The molecular weight excluding hydrogens is 440 g/mol. The van der Waals surface area contributed by atoms with E-state index in [2.05, 4.69) is 20.6 Å². The number of fused-ring (bicyclic) bond motifs is 1. The van der Waals surface area contributed by atoms with E-state index in [0.717, 1.165) is 35.1 Å². The van der Waals surface area contributed by atoms with Crippen LogP contribution in [0.1, 0.15) is 28.8 Å². The fourth-order valence-corrected chi connectivity index (χ4v) is 3.87. The van der Waals surface area contributed by atoms with Gasteiger partial charge in [0.2, 0.25) is 5.95 Å². The van der Waals surface area contributed by atoms with E-state index in [4.69, 9.17) is 0 Å². The molecule has 7 nitrogen and oxygen atoms in total. The summed E-state index contributed by atoms with van der Waals surface area (Å²) in [5, 5.41) is 6.22. The SMILES string of the molecule is CNc1nc(-c2cc(C(=O)NC3CC3)ccc2C)c2ccc(=O)n(-c3c(F)cccc3F)c2n1. The number of carbonyl (C=O) groups excluding carboxylic acids is 1. The largest absolute Gasteiger partial charge is 0.357 e. The molecular formula is C25H21F2N5O2. The lowest BCUT2D eigenvalue weighted by Gasteiger charge is -2.16. The molecule has 172 valence electrons. The van der Waals surface area contributed by atoms with Crippen LogP contribution in [-0.4, -0.2) is 33.5 Å². The van der Waals surface area contributed by atoms with Crippen molar-refractivity contribution in [2.75, 3.05) is 12.4 Å². The summed E-state index contributed by atoms with van der Waals surface area (Å²) in [6, 6.07) is 11.6. The lowest BCUT2D eigenvalue weighted by atomic mass is 9.99. The van der Waals surface area contributed by atoms with E-state index in [9.17, 15) is 18.4 Å². The van der Waals surface area contributed by atoms with Gasteiger partial charge in [-0.15, -0.1) is 0 Å². The van der Waals surface area contributed by atoms with Crippen molar-refractivity contribution >= 4 is 22.9 Å². The van der Waals surface area contributed by atoms with Crippen LogP contribution in [0.2, 0.25) is 0 Å². The first-order valence-corrected chi connectivity index (χ1v) is 10.8. The molecule has 1 fully saturated rings. The second-order valence-corrected chi connectivity index (χ2v) is 8.24. The first-order chi connectivity index (χ1) is 16.4. The van der Waals surface area contributed by atoms with Gasteiger partial charge >= 0.3 is 0 Å². The zero-order chi connectivity index (χ0) is 24.0. The van der Waals surface area contributed by atoms with Crippen LogP contribution in [0.4, 0.5) is 14.7 Å². The molecule has 1 aliphatic rings. The van der Waals surface area contributed by atoms with Gasteiger partial charge in [-0.1, -0.05) is 12.1 Å². The molecule has 2 N–H and O–H groups in total. The summed E-state index contributed by atoms with van der Waals surface area (Å²) < 4.78 is 30.2. The number of halogens is 2. The molecule has 1 saturated carbocycles. The molecule has 9 heteroatoms. The third kappa shape index (κ3) is 3.79. The molecule has 0 radical (unpaired) electrons. The van der Waals surface area contributed by atoms with Gasteiger partial charge in [-0.25, -0.2) is 13.8 Å². The summed E-state index contributed by atoms with van der Waals surface area (Å²) in [4.78, 5) is 34.4. The molecule has 0 aliphatic heterocycles. The molecule has 0 bridgehead atoms. The van der Waals surface area contributed by atoms with Crippen molar-refractivity contribution in [1.82, 2.24) is 19.9 Å². The molecule has 4 aromatic rings. The third-order valence-electron chi connectivity index (χ3n) is 5.80. The van der Waals surface area contributed by atoms with Gasteiger partial charge in [0.15, 0.2) is 5.65 Å². The summed E-state index contributed by atoms with van der Waals surface area (Å²) in [7, 11) is 1.60. The molecule has 0 spiro atoms. The summed E-state index contributed by atoms with van der Waals surface area (Å²) >= 11 is 0. The molecule has 5 rings (SSSR count). The Morgan fingerprint density at radius 2 is 1.79 bits per heavy atom. The lowest BCUT2D eigenvalue weighted by molar-refractivity contribution is 0.0951. The molecule has 2 aromatic carbocycles. The quantitative estimate of drug-likeness (QED) is 0.470. The van der Waals surface area contributed by atoms with Gasteiger partial charge in [0, 0.05) is 35.7 Å². The number of carbonyl (C=O) groups is 1. The van der Waals surface area contributed by atoms with E-state index in [1.165, 1.54) is 18.2 Å². The average Bonchev–Trinajstić information content (AvgIpc) is 3.63. The van der Waals surface area contributed by atoms with Crippen molar-refractivity contribution < 1.29 is 13.6 Å². The maximum atomic E-state index is 14.7. The Morgan fingerprint density at radius 3 is 2.47 bits per heavy atom. The fourth-order valence-electron chi connectivity index (χ4n) is 3.87. The Morgan fingerprint density at radius 1 is 1.06 bits per heavy atom. The number of amides is 1. The highest BCUT2D eigenvalue weighted by molar-refractivity contribution is 5.98. The third-order valence-corrected chi connectivity index (χ3v) is 5.80. The van der Waals surface area contributed by atoms with Crippen molar-refractivity contribution in [3.05, 3.63) is 81.6 Å². The summed E-state index contributed by atoms with van der Waals surface area (Å²) in [6.45, 7) is 1.87. The minimum atomic E-state index is -0.893. The van der Waals surface area contributed by atoms with Crippen LogP contribution in [0, 0.1) is 18.6 Å². The van der Waals surface area contributed by atoms with E-state index in [0.29, 0.717) is 22.2 Å². The number of aromatic nitrogens is 3. The molecule has 0 atom stereocenters.